The summed E-state index contributed by atoms with van der Waals surface area (Å²) in [5.41, 5.74) is 1.28. The van der Waals surface area contributed by atoms with Gasteiger partial charge < -0.3 is 10.2 Å². The smallest absolute Gasteiger partial charge is 0.0944 e. The number of nitrogens with one attached hydrogen (secondary N) is 1. The molecule has 17 heavy (non-hydrogen) atoms. The van der Waals surface area contributed by atoms with Crippen molar-refractivity contribution in [2.45, 2.75) is 39.7 Å². The van der Waals surface area contributed by atoms with Crippen LogP contribution >= 0.6 is 11.3 Å². The average Bonchev–Trinajstić information content (AvgIpc) is 2.67. The van der Waals surface area contributed by atoms with Crippen LogP contribution in [-0.2, 0) is 13.0 Å². The summed E-state index contributed by atoms with van der Waals surface area (Å²) in [6, 6.07) is 0. The van der Waals surface area contributed by atoms with Gasteiger partial charge in [0.05, 0.1) is 10.7 Å². The minimum absolute atomic E-state index is 0.521. The van der Waals surface area contributed by atoms with E-state index in [0.717, 1.165) is 26.1 Å². The van der Waals surface area contributed by atoms with Gasteiger partial charge in [0, 0.05) is 24.4 Å². The van der Waals surface area contributed by atoms with Crippen LogP contribution in [0.25, 0.3) is 0 Å². The third kappa shape index (κ3) is 4.74. The first kappa shape index (κ1) is 14.6. The van der Waals surface area contributed by atoms with E-state index >= 15 is 0 Å². The molecule has 0 saturated heterocycles. The Morgan fingerprint density at radius 3 is 2.59 bits per heavy atom. The molecule has 0 aliphatic carbocycles. The largest absolute Gasteiger partial charge is 0.312 e. The summed E-state index contributed by atoms with van der Waals surface area (Å²) < 4.78 is 0. The van der Waals surface area contributed by atoms with Crippen LogP contribution in [0.3, 0.4) is 0 Å². The van der Waals surface area contributed by atoms with Gasteiger partial charge in [-0.25, -0.2) is 4.98 Å². The molecule has 1 heterocycles. The van der Waals surface area contributed by atoms with Crippen molar-refractivity contribution in [1.82, 2.24) is 15.2 Å². The minimum atomic E-state index is 0.521. The third-order valence-corrected chi connectivity index (χ3v) is 3.76. The van der Waals surface area contributed by atoms with Gasteiger partial charge in [0.2, 0.25) is 0 Å². The highest BCUT2D eigenvalue weighted by Gasteiger charge is 2.13. The first-order chi connectivity index (χ1) is 8.04. The quantitative estimate of drug-likeness (QED) is 0.811. The predicted octanol–water partition coefficient (Wildman–Crippen LogP) is 2.48. The summed E-state index contributed by atoms with van der Waals surface area (Å²) in [5, 5.41) is 4.67. The number of aromatic nitrogens is 1. The molecule has 0 aromatic carbocycles. The zero-order valence-corrected chi connectivity index (χ0v) is 12.5. The monoisotopic (exact) mass is 255 g/mol. The van der Waals surface area contributed by atoms with E-state index in [1.54, 1.807) is 0 Å². The van der Waals surface area contributed by atoms with Crippen LogP contribution < -0.4 is 5.32 Å². The van der Waals surface area contributed by atoms with Crippen molar-refractivity contribution in [2.24, 2.45) is 0 Å². The maximum atomic E-state index is 4.79. The van der Waals surface area contributed by atoms with Crippen LogP contribution in [0.15, 0.2) is 0 Å². The van der Waals surface area contributed by atoms with Crippen LogP contribution in [0.5, 0.6) is 0 Å². The highest BCUT2D eigenvalue weighted by Crippen LogP contribution is 2.25. The van der Waals surface area contributed by atoms with Crippen molar-refractivity contribution in [3.05, 3.63) is 15.6 Å². The first-order valence-corrected chi connectivity index (χ1v) is 7.20. The summed E-state index contributed by atoms with van der Waals surface area (Å²) >= 11 is 1.87. The molecule has 1 aromatic rings. The van der Waals surface area contributed by atoms with E-state index in [9.17, 15) is 0 Å². The number of hydrogen-bond acceptors (Lipinski definition) is 4. The number of likely N-dealkylation sites (N-methyl/N-ethyl adjacent to an activating group) is 1. The number of rotatable bonds is 7. The second-order valence-electron chi connectivity index (χ2n) is 4.90. The Bertz CT molecular complexity index is 331. The standard InChI is InChI=1S/C13H25N3S/c1-6-14-9-11-13(10(2)3)15-12(17-11)7-8-16(4)5/h10,14H,6-9H2,1-5H3. The number of hydrogen-bond donors (Lipinski definition) is 1. The normalized spacial score (nSPS) is 11.7. The molecule has 0 saturated carbocycles. The summed E-state index contributed by atoms with van der Waals surface area (Å²) in [5.74, 6) is 0.521. The zero-order valence-electron chi connectivity index (χ0n) is 11.7. The number of nitrogens with zero attached hydrogens (tertiary/aromatic N) is 2. The lowest BCUT2D eigenvalue weighted by Gasteiger charge is -2.06. The maximum absolute atomic E-state index is 4.79. The van der Waals surface area contributed by atoms with Crippen molar-refractivity contribution in [2.75, 3.05) is 27.2 Å². The highest BCUT2D eigenvalue weighted by atomic mass is 32.1. The lowest BCUT2D eigenvalue weighted by molar-refractivity contribution is 0.413. The van der Waals surface area contributed by atoms with Crippen LogP contribution in [0, 0.1) is 0 Å². The molecule has 0 fully saturated rings. The molecule has 0 radical (unpaired) electrons. The van der Waals surface area contributed by atoms with Crippen molar-refractivity contribution in [3.63, 3.8) is 0 Å². The molecule has 0 aliphatic heterocycles. The molecule has 1 aromatic heterocycles. The first-order valence-electron chi connectivity index (χ1n) is 6.38. The van der Waals surface area contributed by atoms with Crippen molar-refractivity contribution >= 4 is 11.3 Å². The molecule has 4 heteroatoms. The Kier molecular flexibility index (Phi) is 6.09. The molecule has 0 bridgehead atoms. The summed E-state index contributed by atoms with van der Waals surface area (Å²) in [6.07, 6.45) is 1.06. The molecule has 3 nitrogen and oxygen atoms in total. The fourth-order valence-electron chi connectivity index (χ4n) is 1.66. The molecule has 0 aliphatic rings. The molecule has 1 N–H and O–H groups in total. The molecule has 0 spiro atoms. The lowest BCUT2D eigenvalue weighted by Crippen LogP contribution is -2.14. The Hall–Kier alpha value is -0.450. The highest BCUT2D eigenvalue weighted by molar-refractivity contribution is 7.11. The van der Waals surface area contributed by atoms with Gasteiger partial charge in [0.25, 0.3) is 0 Å². The third-order valence-electron chi connectivity index (χ3n) is 2.63. The van der Waals surface area contributed by atoms with E-state index in [0.29, 0.717) is 5.92 Å². The molecular weight excluding hydrogens is 230 g/mol. The fraction of sp³-hybridized carbons (Fsp3) is 0.769. The molecular formula is C13H25N3S. The van der Waals surface area contributed by atoms with E-state index in [2.05, 4.69) is 45.1 Å². The van der Waals surface area contributed by atoms with Crippen LogP contribution in [-0.4, -0.2) is 37.1 Å². The summed E-state index contributed by atoms with van der Waals surface area (Å²) in [7, 11) is 4.22. The van der Waals surface area contributed by atoms with Crippen molar-refractivity contribution < 1.29 is 0 Å². The molecule has 98 valence electrons. The summed E-state index contributed by atoms with van der Waals surface area (Å²) in [6.45, 7) is 9.64. The van der Waals surface area contributed by atoms with E-state index in [4.69, 9.17) is 4.98 Å². The van der Waals surface area contributed by atoms with Crippen molar-refractivity contribution in [3.8, 4) is 0 Å². The Labute approximate surface area is 109 Å². The van der Waals surface area contributed by atoms with E-state index in [1.807, 2.05) is 11.3 Å². The van der Waals surface area contributed by atoms with E-state index < -0.39 is 0 Å². The molecule has 0 unspecified atom stereocenters. The van der Waals surface area contributed by atoms with Gasteiger partial charge in [-0.2, -0.15) is 0 Å². The number of thiazole rings is 1. The van der Waals surface area contributed by atoms with Gasteiger partial charge in [0.1, 0.15) is 0 Å². The topological polar surface area (TPSA) is 28.2 Å². The van der Waals surface area contributed by atoms with Crippen LogP contribution in [0.1, 0.15) is 42.3 Å². The van der Waals surface area contributed by atoms with Gasteiger partial charge in [-0.05, 0) is 26.6 Å². The molecule has 0 amide bonds. The minimum Gasteiger partial charge on any atom is -0.312 e. The Balaban J connectivity index is 2.72. The van der Waals surface area contributed by atoms with E-state index in [-0.39, 0.29) is 0 Å². The van der Waals surface area contributed by atoms with Gasteiger partial charge in [-0.15, -0.1) is 11.3 Å². The van der Waals surface area contributed by atoms with Gasteiger partial charge in [0.15, 0.2) is 0 Å². The molecule has 1 rings (SSSR count). The second kappa shape index (κ2) is 7.09. The SMILES string of the molecule is CCNCc1sc(CCN(C)C)nc1C(C)C. The fourth-order valence-corrected chi connectivity index (χ4v) is 2.84. The second-order valence-corrected chi connectivity index (χ2v) is 6.07. The lowest BCUT2D eigenvalue weighted by atomic mass is 10.1. The average molecular weight is 255 g/mol. The maximum Gasteiger partial charge on any atom is 0.0944 e. The predicted molar refractivity (Wildman–Crippen MR) is 75.8 cm³/mol. The van der Waals surface area contributed by atoms with Crippen LogP contribution in [0.2, 0.25) is 0 Å². The Morgan fingerprint density at radius 2 is 2.06 bits per heavy atom. The summed E-state index contributed by atoms with van der Waals surface area (Å²) in [4.78, 5) is 8.41. The Morgan fingerprint density at radius 1 is 1.35 bits per heavy atom. The van der Waals surface area contributed by atoms with E-state index in [1.165, 1.54) is 15.6 Å². The van der Waals surface area contributed by atoms with Gasteiger partial charge in [-0.1, -0.05) is 20.8 Å². The zero-order chi connectivity index (χ0) is 12.8. The molecule has 0 atom stereocenters. The van der Waals surface area contributed by atoms with Gasteiger partial charge >= 0.3 is 0 Å². The van der Waals surface area contributed by atoms with Gasteiger partial charge in [-0.3, -0.25) is 0 Å². The van der Waals surface area contributed by atoms with Crippen molar-refractivity contribution in [1.29, 1.82) is 0 Å². The van der Waals surface area contributed by atoms with Crippen LogP contribution in [0.4, 0.5) is 0 Å².